The van der Waals surface area contributed by atoms with Gasteiger partial charge in [0.1, 0.15) is 4.88 Å². The second-order valence-electron chi connectivity index (χ2n) is 6.22. The van der Waals surface area contributed by atoms with Crippen molar-refractivity contribution in [2.45, 2.75) is 11.8 Å². The zero-order valence-electron chi connectivity index (χ0n) is 15.4. The Morgan fingerprint density at radius 3 is 2.31 bits per heavy atom. The monoisotopic (exact) mass is 430 g/mol. The molecule has 0 spiro atoms. The Morgan fingerprint density at radius 2 is 1.69 bits per heavy atom. The molecule has 0 fully saturated rings. The molecule has 1 heterocycles. The lowest BCUT2D eigenvalue weighted by molar-refractivity contribution is -0.119. The molecule has 29 heavy (non-hydrogen) atoms. The number of carbonyl (C=O) groups excluding carboxylic acids is 2. The lowest BCUT2D eigenvalue weighted by atomic mass is 10.1. The summed E-state index contributed by atoms with van der Waals surface area (Å²) >= 11 is 1.24. The summed E-state index contributed by atoms with van der Waals surface area (Å²) in [5.74, 6) is -1.13. The van der Waals surface area contributed by atoms with Gasteiger partial charge in [0.2, 0.25) is 10.0 Å². The number of benzene rings is 2. The van der Waals surface area contributed by atoms with Crippen molar-refractivity contribution in [3.63, 3.8) is 0 Å². The van der Waals surface area contributed by atoms with Crippen LogP contribution in [-0.4, -0.2) is 26.9 Å². The summed E-state index contributed by atoms with van der Waals surface area (Å²) in [6, 6.07) is 14.9. The number of ether oxygens (including phenoxy) is 1. The topological polar surface area (TPSA) is 116 Å². The summed E-state index contributed by atoms with van der Waals surface area (Å²) in [6.07, 6.45) is 0. The molecule has 7 nitrogen and oxygen atoms in total. The van der Waals surface area contributed by atoms with Crippen molar-refractivity contribution in [2.24, 2.45) is 5.14 Å². The quantitative estimate of drug-likeness (QED) is 0.583. The normalized spacial score (nSPS) is 11.1. The molecule has 3 N–H and O–H groups in total. The van der Waals surface area contributed by atoms with E-state index in [0.29, 0.717) is 10.6 Å². The van der Waals surface area contributed by atoms with Gasteiger partial charge in [-0.3, -0.25) is 4.79 Å². The molecule has 150 valence electrons. The first kappa shape index (κ1) is 20.7. The number of hydrogen-bond acceptors (Lipinski definition) is 6. The van der Waals surface area contributed by atoms with Gasteiger partial charge in [0.25, 0.3) is 5.91 Å². The number of hydrogen-bond donors (Lipinski definition) is 2. The summed E-state index contributed by atoms with van der Waals surface area (Å²) in [4.78, 5) is 24.8. The number of amides is 1. The Labute approximate surface area is 172 Å². The van der Waals surface area contributed by atoms with E-state index in [1.54, 1.807) is 5.38 Å². The minimum Gasteiger partial charge on any atom is -0.451 e. The van der Waals surface area contributed by atoms with Gasteiger partial charge in [0.05, 0.1) is 4.90 Å². The Hall–Kier alpha value is -3.01. The summed E-state index contributed by atoms with van der Waals surface area (Å²) in [6.45, 7) is 1.51. The van der Waals surface area contributed by atoms with Gasteiger partial charge in [0.15, 0.2) is 6.61 Å². The molecule has 3 aromatic rings. The van der Waals surface area contributed by atoms with Crippen molar-refractivity contribution in [1.29, 1.82) is 0 Å². The lowest BCUT2D eigenvalue weighted by Crippen LogP contribution is -2.21. The second kappa shape index (κ2) is 8.56. The summed E-state index contributed by atoms with van der Waals surface area (Å²) in [5, 5.41) is 9.34. The van der Waals surface area contributed by atoms with Crippen LogP contribution in [0.2, 0.25) is 0 Å². The van der Waals surface area contributed by atoms with Gasteiger partial charge >= 0.3 is 5.97 Å². The molecule has 1 amide bonds. The van der Waals surface area contributed by atoms with Crippen LogP contribution in [0.3, 0.4) is 0 Å². The predicted octanol–water partition coefficient (Wildman–Crippen LogP) is 3.17. The van der Waals surface area contributed by atoms with Crippen molar-refractivity contribution < 1.29 is 22.7 Å². The summed E-state index contributed by atoms with van der Waals surface area (Å²) in [7, 11) is -3.81. The number of esters is 1. The van der Waals surface area contributed by atoms with Crippen LogP contribution in [0.1, 0.15) is 15.2 Å². The smallest absolute Gasteiger partial charge is 0.349 e. The van der Waals surface area contributed by atoms with Crippen LogP contribution in [0.25, 0.3) is 11.1 Å². The van der Waals surface area contributed by atoms with E-state index in [-0.39, 0.29) is 4.90 Å². The predicted molar refractivity (Wildman–Crippen MR) is 111 cm³/mol. The van der Waals surface area contributed by atoms with E-state index >= 15 is 0 Å². The van der Waals surface area contributed by atoms with Gasteiger partial charge in [-0.1, -0.05) is 29.8 Å². The van der Waals surface area contributed by atoms with Gasteiger partial charge in [-0.25, -0.2) is 18.4 Å². The Kier molecular flexibility index (Phi) is 6.12. The molecule has 0 aliphatic heterocycles. The van der Waals surface area contributed by atoms with E-state index in [1.807, 2.05) is 37.3 Å². The fourth-order valence-electron chi connectivity index (χ4n) is 2.55. The molecule has 1 aromatic heterocycles. The van der Waals surface area contributed by atoms with E-state index < -0.39 is 28.5 Å². The summed E-state index contributed by atoms with van der Waals surface area (Å²) in [5.41, 5.74) is 3.11. The largest absolute Gasteiger partial charge is 0.451 e. The molecule has 0 saturated carbocycles. The molecule has 0 aliphatic carbocycles. The van der Waals surface area contributed by atoms with Crippen LogP contribution in [0.15, 0.2) is 64.9 Å². The number of anilines is 1. The molecule has 3 rings (SSSR count). The maximum atomic E-state index is 12.4. The molecule has 0 aliphatic rings. The van der Waals surface area contributed by atoms with Gasteiger partial charge in [-0.05, 0) is 48.2 Å². The van der Waals surface area contributed by atoms with Gasteiger partial charge in [-0.2, -0.15) is 0 Å². The first-order chi connectivity index (χ1) is 13.7. The number of sulfonamides is 1. The number of rotatable bonds is 6. The number of thiophene rings is 1. The maximum absolute atomic E-state index is 12.4. The molecule has 9 heteroatoms. The van der Waals surface area contributed by atoms with Crippen LogP contribution >= 0.6 is 11.3 Å². The van der Waals surface area contributed by atoms with E-state index in [1.165, 1.54) is 35.6 Å². The molecular weight excluding hydrogens is 412 g/mol. The van der Waals surface area contributed by atoms with Crippen LogP contribution in [0.5, 0.6) is 0 Å². The molecule has 2 aromatic carbocycles. The van der Waals surface area contributed by atoms with Gasteiger partial charge in [0, 0.05) is 11.3 Å². The Balaban J connectivity index is 1.60. The molecule has 0 unspecified atom stereocenters. The van der Waals surface area contributed by atoms with Gasteiger partial charge < -0.3 is 10.1 Å². The third-order valence-corrected chi connectivity index (χ3v) is 5.84. The average molecular weight is 431 g/mol. The van der Waals surface area contributed by atoms with Crippen LogP contribution in [-0.2, 0) is 19.6 Å². The van der Waals surface area contributed by atoms with Crippen LogP contribution in [0, 0.1) is 6.92 Å². The van der Waals surface area contributed by atoms with E-state index in [0.717, 1.165) is 16.7 Å². The first-order valence-corrected chi connectivity index (χ1v) is 10.9. The van der Waals surface area contributed by atoms with E-state index in [2.05, 4.69) is 5.32 Å². The zero-order valence-corrected chi connectivity index (χ0v) is 17.0. The van der Waals surface area contributed by atoms with Crippen molar-refractivity contribution >= 4 is 38.9 Å². The standard InChI is InChI=1S/C20H18N2O5S2/c1-13-2-4-14(5-3-13)17-10-11-28-19(17)20(24)27-12-18(23)22-15-6-8-16(9-7-15)29(21,25)26/h2-11H,12H2,1H3,(H,22,23)(H2,21,25,26). The van der Waals surface area contributed by atoms with Crippen molar-refractivity contribution in [1.82, 2.24) is 0 Å². The molecule has 0 bridgehead atoms. The molecular formula is C20H18N2O5S2. The highest BCUT2D eigenvalue weighted by Crippen LogP contribution is 2.29. The number of nitrogens with one attached hydrogen (secondary N) is 1. The Morgan fingerprint density at radius 1 is 1.03 bits per heavy atom. The van der Waals surface area contributed by atoms with Crippen LogP contribution < -0.4 is 10.5 Å². The van der Waals surface area contributed by atoms with Crippen molar-refractivity contribution in [2.75, 3.05) is 11.9 Å². The minimum atomic E-state index is -3.81. The lowest BCUT2D eigenvalue weighted by Gasteiger charge is -2.08. The molecule has 0 atom stereocenters. The third kappa shape index (κ3) is 5.29. The van der Waals surface area contributed by atoms with E-state index in [4.69, 9.17) is 9.88 Å². The SMILES string of the molecule is Cc1ccc(-c2ccsc2C(=O)OCC(=O)Nc2ccc(S(N)(=O)=O)cc2)cc1. The fourth-order valence-corrected chi connectivity index (χ4v) is 3.87. The third-order valence-electron chi connectivity index (χ3n) is 4.01. The number of aryl methyl sites for hydroxylation is 1. The molecule has 0 radical (unpaired) electrons. The Bertz CT molecular complexity index is 1130. The minimum absolute atomic E-state index is 0.0664. The average Bonchev–Trinajstić information content (AvgIpc) is 3.16. The van der Waals surface area contributed by atoms with E-state index in [9.17, 15) is 18.0 Å². The fraction of sp³-hybridized carbons (Fsp3) is 0.100. The highest BCUT2D eigenvalue weighted by Gasteiger charge is 2.17. The van der Waals surface area contributed by atoms with Gasteiger partial charge in [-0.15, -0.1) is 11.3 Å². The highest BCUT2D eigenvalue weighted by molar-refractivity contribution is 7.89. The second-order valence-corrected chi connectivity index (χ2v) is 8.70. The number of nitrogens with two attached hydrogens (primary N) is 1. The van der Waals surface area contributed by atoms with Crippen LogP contribution in [0.4, 0.5) is 5.69 Å². The first-order valence-electron chi connectivity index (χ1n) is 8.48. The number of carbonyl (C=O) groups is 2. The van der Waals surface area contributed by atoms with Crippen molar-refractivity contribution in [3.05, 3.63) is 70.4 Å². The summed E-state index contributed by atoms with van der Waals surface area (Å²) < 4.78 is 27.6. The maximum Gasteiger partial charge on any atom is 0.349 e. The molecule has 0 saturated heterocycles. The zero-order chi connectivity index (χ0) is 21.0. The number of primary sulfonamides is 1. The van der Waals surface area contributed by atoms with Crippen molar-refractivity contribution in [3.8, 4) is 11.1 Å². The highest BCUT2D eigenvalue weighted by atomic mass is 32.2.